The Bertz CT molecular complexity index is 294. The Labute approximate surface area is 112 Å². The maximum absolute atomic E-state index is 12.7. The van der Waals surface area contributed by atoms with E-state index in [1.807, 2.05) is 7.05 Å². The van der Waals surface area contributed by atoms with Crippen molar-refractivity contribution < 1.29 is 18.0 Å². The van der Waals surface area contributed by atoms with Crippen LogP contribution in [0.5, 0.6) is 0 Å². The van der Waals surface area contributed by atoms with Crippen LogP contribution in [0.2, 0.25) is 0 Å². The number of amides is 1. The molecule has 1 rings (SSSR count). The van der Waals surface area contributed by atoms with Gasteiger partial charge in [0.05, 0.1) is 5.92 Å². The van der Waals surface area contributed by atoms with E-state index in [-0.39, 0.29) is 18.7 Å². The maximum Gasteiger partial charge on any atom is 0.391 e. The Morgan fingerprint density at radius 2 is 2.05 bits per heavy atom. The van der Waals surface area contributed by atoms with E-state index < -0.39 is 18.0 Å². The number of nitrogens with zero attached hydrogens (tertiary/aromatic N) is 1. The molecule has 0 bridgehead atoms. The predicted octanol–water partition coefficient (Wildman–Crippen LogP) is 2.42. The van der Waals surface area contributed by atoms with Crippen LogP contribution in [0, 0.1) is 11.8 Å². The largest absolute Gasteiger partial charge is 0.391 e. The summed E-state index contributed by atoms with van der Waals surface area (Å²) in [5.41, 5.74) is 0. The molecule has 0 aromatic rings. The fraction of sp³-hybridized carbons (Fsp3) is 0.923. The summed E-state index contributed by atoms with van der Waals surface area (Å²) in [4.78, 5) is 13.7. The summed E-state index contributed by atoms with van der Waals surface area (Å²) in [6.07, 6.45) is -2.15. The van der Waals surface area contributed by atoms with Crippen LogP contribution in [0.3, 0.4) is 0 Å². The predicted molar refractivity (Wildman–Crippen MR) is 67.7 cm³/mol. The molecule has 0 saturated heterocycles. The van der Waals surface area contributed by atoms with Gasteiger partial charge in [-0.2, -0.15) is 13.2 Å². The van der Waals surface area contributed by atoms with Gasteiger partial charge in [0, 0.05) is 19.5 Å². The fourth-order valence-electron chi connectivity index (χ4n) is 2.63. The van der Waals surface area contributed by atoms with Gasteiger partial charge in [-0.1, -0.05) is 6.42 Å². The number of hydrogen-bond acceptors (Lipinski definition) is 2. The minimum atomic E-state index is -4.16. The van der Waals surface area contributed by atoms with Gasteiger partial charge in [-0.25, -0.2) is 0 Å². The Kier molecular flexibility index (Phi) is 6.10. The zero-order valence-corrected chi connectivity index (χ0v) is 11.6. The highest BCUT2D eigenvalue weighted by atomic mass is 19.4. The molecule has 6 heteroatoms. The molecule has 19 heavy (non-hydrogen) atoms. The van der Waals surface area contributed by atoms with Crippen molar-refractivity contribution in [1.29, 1.82) is 0 Å². The van der Waals surface area contributed by atoms with E-state index in [0.29, 0.717) is 19.4 Å². The first-order valence-electron chi connectivity index (χ1n) is 6.82. The van der Waals surface area contributed by atoms with E-state index >= 15 is 0 Å². The second kappa shape index (κ2) is 7.12. The van der Waals surface area contributed by atoms with E-state index in [4.69, 9.17) is 0 Å². The number of alkyl halides is 3. The number of carbonyl (C=O) groups excluding carboxylic acids is 1. The van der Waals surface area contributed by atoms with Crippen molar-refractivity contribution in [3.8, 4) is 0 Å². The molecule has 0 aromatic heterocycles. The third kappa shape index (κ3) is 5.01. The number of hydrogen-bond donors (Lipinski definition) is 1. The van der Waals surface area contributed by atoms with Gasteiger partial charge in [-0.15, -0.1) is 0 Å². The van der Waals surface area contributed by atoms with Crippen LogP contribution < -0.4 is 5.32 Å². The lowest BCUT2D eigenvalue weighted by atomic mass is 9.80. The van der Waals surface area contributed by atoms with Crippen molar-refractivity contribution >= 4 is 5.91 Å². The van der Waals surface area contributed by atoms with Crippen molar-refractivity contribution in [2.45, 2.75) is 38.3 Å². The number of halogens is 3. The molecule has 2 atom stereocenters. The minimum Gasteiger partial charge on any atom is -0.345 e. The van der Waals surface area contributed by atoms with Crippen LogP contribution in [0.4, 0.5) is 13.2 Å². The molecule has 2 unspecified atom stereocenters. The first-order chi connectivity index (χ1) is 8.86. The van der Waals surface area contributed by atoms with Crippen LogP contribution in [0.25, 0.3) is 0 Å². The van der Waals surface area contributed by atoms with Crippen molar-refractivity contribution in [2.75, 3.05) is 27.2 Å². The smallest absolute Gasteiger partial charge is 0.345 e. The molecule has 1 fully saturated rings. The Morgan fingerprint density at radius 1 is 1.37 bits per heavy atom. The average molecular weight is 280 g/mol. The van der Waals surface area contributed by atoms with Crippen molar-refractivity contribution in [1.82, 2.24) is 10.2 Å². The average Bonchev–Trinajstić information content (AvgIpc) is 2.37. The van der Waals surface area contributed by atoms with Crippen LogP contribution in [0.1, 0.15) is 32.1 Å². The molecule has 0 spiro atoms. The highest BCUT2D eigenvalue weighted by molar-refractivity contribution is 5.78. The second-order valence-electron chi connectivity index (χ2n) is 5.32. The Hall–Kier alpha value is -0.780. The van der Waals surface area contributed by atoms with E-state index in [9.17, 15) is 18.0 Å². The lowest BCUT2D eigenvalue weighted by molar-refractivity contribution is -0.187. The first kappa shape index (κ1) is 16.3. The molecule has 112 valence electrons. The molecular formula is C13H23F3N2O. The van der Waals surface area contributed by atoms with Gasteiger partial charge in [-0.05, 0) is 39.3 Å². The lowest BCUT2D eigenvalue weighted by Gasteiger charge is -2.32. The molecule has 3 nitrogen and oxygen atoms in total. The zero-order valence-electron chi connectivity index (χ0n) is 11.6. The lowest BCUT2D eigenvalue weighted by Crippen LogP contribution is -2.39. The standard InChI is InChI=1S/C13H23F3N2O/c1-17-7-4-8-18(2)12(19)10-5-3-6-11(9-10)13(14,15)16/h10-11,17H,3-9H2,1-2H3. The fourth-order valence-corrected chi connectivity index (χ4v) is 2.63. The van der Waals surface area contributed by atoms with Crippen LogP contribution in [-0.2, 0) is 4.79 Å². The Balaban J connectivity index is 2.47. The normalized spacial score (nSPS) is 24.3. The van der Waals surface area contributed by atoms with Gasteiger partial charge in [0.2, 0.25) is 5.91 Å². The van der Waals surface area contributed by atoms with Crippen molar-refractivity contribution in [3.05, 3.63) is 0 Å². The third-order valence-corrected chi connectivity index (χ3v) is 3.78. The van der Waals surface area contributed by atoms with Gasteiger partial charge in [-0.3, -0.25) is 4.79 Å². The highest BCUT2D eigenvalue weighted by Gasteiger charge is 2.43. The summed E-state index contributed by atoms with van der Waals surface area (Å²) in [5.74, 6) is -1.90. The summed E-state index contributed by atoms with van der Waals surface area (Å²) < 4.78 is 38.1. The van der Waals surface area contributed by atoms with E-state index in [0.717, 1.165) is 13.0 Å². The molecule has 0 aliphatic heterocycles. The monoisotopic (exact) mass is 280 g/mol. The summed E-state index contributed by atoms with van der Waals surface area (Å²) in [6, 6.07) is 0. The quantitative estimate of drug-likeness (QED) is 0.784. The van der Waals surface area contributed by atoms with Gasteiger partial charge in [0.1, 0.15) is 0 Å². The SMILES string of the molecule is CNCCCN(C)C(=O)C1CCCC(C(F)(F)F)C1. The van der Waals surface area contributed by atoms with E-state index in [1.54, 1.807) is 11.9 Å². The molecule has 0 radical (unpaired) electrons. The van der Waals surface area contributed by atoms with Crippen molar-refractivity contribution in [3.63, 3.8) is 0 Å². The Morgan fingerprint density at radius 3 is 2.63 bits per heavy atom. The number of nitrogens with one attached hydrogen (secondary N) is 1. The number of rotatable bonds is 5. The van der Waals surface area contributed by atoms with Crippen LogP contribution in [0.15, 0.2) is 0 Å². The zero-order chi connectivity index (χ0) is 14.5. The second-order valence-corrected chi connectivity index (χ2v) is 5.32. The molecule has 1 aliphatic carbocycles. The van der Waals surface area contributed by atoms with Crippen LogP contribution >= 0.6 is 0 Å². The highest BCUT2D eigenvalue weighted by Crippen LogP contribution is 2.40. The topological polar surface area (TPSA) is 32.3 Å². The molecular weight excluding hydrogens is 257 g/mol. The van der Waals surface area contributed by atoms with Crippen LogP contribution in [-0.4, -0.2) is 44.2 Å². The minimum absolute atomic E-state index is 0.0430. The third-order valence-electron chi connectivity index (χ3n) is 3.78. The van der Waals surface area contributed by atoms with Gasteiger partial charge < -0.3 is 10.2 Å². The molecule has 0 aromatic carbocycles. The maximum atomic E-state index is 12.7. The molecule has 1 N–H and O–H groups in total. The molecule has 1 aliphatic rings. The molecule has 0 heterocycles. The van der Waals surface area contributed by atoms with E-state index in [1.165, 1.54) is 0 Å². The van der Waals surface area contributed by atoms with Gasteiger partial charge in [0.15, 0.2) is 0 Å². The molecule has 1 amide bonds. The van der Waals surface area contributed by atoms with Gasteiger partial charge >= 0.3 is 6.18 Å². The van der Waals surface area contributed by atoms with Gasteiger partial charge in [0.25, 0.3) is 0 Å². The van der Waals surface area contributed by atoms with Crippen molar-refractivity contribution in [2.24, 2.45) is 11.8 Å². The first-order valence-corrected chi connectivity index (χ1v) is 6.82. The molecule has 1 saturated carbocycles. The summed E-state index contributed by atoms with van der Waals surface area (Å²) in [7, 11) is 3.51. The summed E-state index contributed by atoms with van der Waals surface area (Å²) in [5, 5.41) is 2.98. The summed E-state index contributed by atoms with van der Waals surface area (Å²) in [6.45, 7) is 1.39. The number of carbonyl (C=O) groups is 1. The summed E-state index contributed by atoms with van der Waals surface area (Å²) >= 11 is 0. The van der Waals surface area contributed by atoms with E-state index in [2.05, 4.69) is 5.32 Å².